The SMILES string of the molecule is CCOC(=O)COc1c(-c2ccccc2)cc(OCC=C(c2ccc(Br)cc2)c2ccc(Br)cc2)cc1-c1ccccc1. The van der Waals surface area contributed by atoms with Gasteiger partial charge in [-0.25, -0.2) is 4.79 Å². The minimum absolute atomic E-state index is 0.194. The lowest BCUT2D eigenvalue weighted by Crippen LogP contribution is -2.15. The fourth-order valence-electron chi connectivity index (χ4n) is 4.72. The molecule has 0 aliphatic rings. The monoisotopic (exact) mass is 696 g/mol. The van der Waals surface area contributed by atoms with Gasteiger partial charge in [0.1, 0.15) is 18.1 Å². The molecule has 0 bridgehead atoms. The number of hydrogen-bond acceptors (Lipinski definition) is 4. The third-order valence-electron chi connectivity index (χ3n) is 6.72. The Kier molecular flexibility index (Phi) is 10.5. The normalized spacial score (nSPS) is 10.6. The molecule has 0 fully saturated rings. The molecule has 5 rings (SSSR count). The molecule has 43 heavy (non-hydrogen) atoms. The van der Waals surface area contributed by atoms with Crippen LogP contribution in [0.3, 0.4) is 0 Å². The van der Waals surface area contributed by atoms with Crippen molar-refractivity contribution in [2.75, 3.05) is 19.8 Å². The van der Waals surface area contributed by atoms with E-state index in [4.69, 9.17) is 14.2 Å². The van der Waals surface area contributed by atoms with Crippen LogP contribution in [0, 0.1) is 0 Å². The number of benzene rings is 5. The summed E-state index contributed by atoms with van der Waals surface area (Å²) in [6.45, 7) is 2.22. The molecule has 0 atom stereocenters. The van der Waals surface area contributed by atoms with Gasteiger partial charge in [0.15, 0.2) is 6.61 Å². The third-order valence-corrected chi connectivity index (χ3v) is 7.78. The maximum Gasteiger partial charge on any atom is 0.344 e. The van der Waals surface area contributed by atoms with Crippen molar-refractivity contribution < 1.29 is 19.0 Å². The molecule has 6 heteroatoms. The summed E-state index contributed by atoms with van der Waals surface area (Å²) in [6.07, 6.45) is 2.10. The quantitative estimate of drug-likeness (QED) is 0.129. The lowest BCUT2D eigenvalue weighted by Gasteiger charge is -2.19. The average molecular weight is 698 g/mol. The van der Waals surface area contributed by atoms with Gasteiger partial charge in [0.2, 0.25) is 0 Å². The minimum Gasteiger partial charge on any atom is -0.489 e. The van der Waals surface area contributed by atoms with Crippen molar-refractivity contribution in [3.8, 4) is 33.8 Å². The van der Waals surface area contributed by atoms with Gasteiger partial charge in [-0.2, -0.15) is 0 Å². The number of carbonyl (C=O) groups excluding carboxylic acids is 1. The summed E-state index contributed by atoms with van der Waals surface area (Å²) in [6, 6.07) is 40.4. The van der Waals surface area contributed by atoms with Crippen molar-refractivity contribution in [2.45, 2.75) is 6.92 Å². The summed E-state index contributed by atoms with van der Waals surface area (Å²) in [5.74, 6) is 0.863. The first-order valence-electron chi connectivity index (χ1n) is 13.9. The molecule has 0 unspecified atom stereocenters. The van der Waals surface area contributed by atoms with Gasteiger partial charge in [-0.05, 0) is 77.2 Å². The molecule has 0 heterocycles. The minimum atomic E-state index is -0.417. The van der Waals surface area contributed by atoms with Crippen molar-refractivity contribution in [3.63, 3.8) is 0 Å². The molecule has 0 spiro atoms. The lowest BCUT2D eigenvalue weighted by atomic mass is 9.96. The van der Waals surface area contributed by atoms with Crippen molar-refractivity contribution >= 4 is 43.4 Å². The molecule has 4 nitrogen and oxygen atoms in total. The number of hydrogen-bond donors (Lipinski definition) is 0. The fourth-order valence-corrected chi connectivity index (χ4v) is 5.25. The Bertz CT molecular complexity index is 1570. The number of halogens is 2. The highest BCUT2D eigenvalue weighted by molar-refractivity contribution is 9.10. The Morgan fingerprint density at radius 2 is 1.16 bits per heavy atom. The van der Waals surface area contributed by atoms with E-state index in [1.54, 1.807) is 6.92 Å². The standard InChI is InChI=1S/C37H30Br2O4/c1-2-41-36(40)25-43-37-34(26-9-5-3-6-10-26)23-32(24-35(37)27-11-7-4-8-12-27)42-22-21-33(28-13-17-30(38)18-14-28)29-15-19-31(39)20-16-29/h3-21,23-24H,2,22,25H2,1H3. The van der Waals surface area contributed by atoms with Crippen LogP contribution in [-0.2, 0) is 9.53 Å². The second kappa shape index (κ2) is 14.9. The van der Waals surface area contributed by atoms with Crippen LogP contribution in [-0.4, -0.2) is 25.8 Å². The largest absolute Gasteiger partial charge is 0.489 e. The van der Waals surface area contributed by atoms with Gasteiger partial charge >= 0.3 is 5.97 Å². The van der Waals surface area contributed by atoms with E-state index >= 15 is 0 Å². The summed E-state index contributed by atoms with van der Waals surface area (Å²) in [7, 11) is 0. The lowest BCUT2D eigenvalue weighted by molar-refractivity contribution is -0.145. The van der Waals surface area contributed by atoms with Gasteiger partial charge in [-0.15, -0.1) is 0 Å². The second-order valence-corrected chi connectivity index (χ2v) is 11.4. The Morgan fingerprint density at radius 3 is 1.63 bits per heavy atom. The number of rotatable bonds is 11. The van der Waals surface area contributed by atoms with E-state index in [2.05, 4.69) is 62.2 Å². The van der Waals surface area contributed by atoms with Crippen LogP contribution >= 0.6 is 31.9 Å². The van der Waals surface area contributed by atoms with Gasteiger partial charge in [0.25, 0.3) is 0 Å². The van der Waals surface area contributed by atoms with Crippen molar-refractivity contribution in [1.29, 1.82) is 0 Å². The van der Waals surface area contributed by atoms with E-state index in [0.717, 1.165) is 47.9 Å². The topological polar surface area (TPSA) is 44.8 Å². The molecule has 0 N–H and O–H groups in total. The first-order valence-corrected chi connectivity index (χ1v) is 15.5. The van der Waals surface area contributed by atoms with Gasteiger partial charge in [0, 0.05) is 20.1 Å². The van der Waals surface area contributed by atoms with E-state index < -0.39 is 5.97 Å². The van der Waals surface area contributed by atoms with Crippen LogP contribution in [0.4, 0.5) is 0 Å². The van der Waals surface area contributed by atoms with Gasteiger partial charge < -0.3 is 14.2 Å². The van der Waals surface area contributed by atoms with Crippen LogP contribution in [0.15, 0.2) is 136 Å². The van der Waals surface area contributed by atoms with Crippen LogP contribution < -0.4 is 9.47 Å². The van der Waals surface area contributed by atoms with Crippen molar-refractivity contribution in [3.05, 3.63) is 147 Å². The molecule has 0 saturated heterocycles. The highest BCUT2D eigenvalue weighted by Crippen LogP contribution is 2.42. The summed E-state index contributed by atoms with van der Waals surface area (Å²) in [4.78, 5) is 12.3. The first kappa shape index (κ1) is 30.3. The van der Waals surface area contributed by atoms with E-state index in [1.807, 2.05) is 97.1 Å². The Hall–Kier alpha value is -4.13. The van der Waals surface area contributed by atoms with Crippen molar-refractivity contribution in [2.24, 2.45) is 0 Å². The van der Waals surface area contributed by atoms with Crippen molar-refractivity contribution in [1.82, 2.24) is 0 Å². The summed E-state index contributed by atoms with van der Waals surface area (Å²) in [5, 5.41) is 0. The molecule has 5 aromatic rings. The zero-order valence-corrected chi connectivity index (χ0v) is 26.8. The Morgan fingerprint density at radius 1 is 0.674 bits per heavy atom. The Balaban J connectivity index is 1.55. The summed E-state index contributed by atoms with van der Waals surface area (Å²) < 4.78 is 19.8. The predicted octanol–water partition coefficient (Wildman–Crippen LogP) is 10.00. The Labute approximate surface area is 269 Å². The molecule has 0 aliphatic carbocycles. The molecule has 216 valence electrons. The molecule has 0 aliphatic heterocycles. The second-order valence-electron chi connectivity index (χ2n) is 9.62. The fraction of sp³-hybridized carbons (Fsp3) is 0.108. The van der Waals surface area contributed by atoms with E-state index in [0.29, 0.717) is 24.7 Å². The summed E-state index contributed by atoms with van der Waals surface area (Å²) in [5.41, 5.74) is 6.80. The van der Waals surface area contributed by atoms with Crippen LogP contribution in [0.2, 0.25) is 0 Å². The number of carbonyl (C=O) groups is 1. The molecular formula is C37H30Br2O4. The van der Waals surface area contributed by atoms with Crippen LogP contribution in [0.25, 0.3) is 27.8 Å². The molecule has 0 saturated carbocycles. The van der Waals surface area contributed by atoms with Gasteiger partial charge in [0.05, 0.1) is 6.61 Å². The zero-order valence-electron chi connectivity index (χ0n) is 23.6. The molecular weight excluding hydrogens is 668 g/mol. The van der Waals surface area contributed by atoms with E-state index in [-0.39, 0.29) is 6.61 Å². The molecule has 0 aromatic heterocycles. The van der Waals surface area contributed by atoms with E-state index in [9.17, 15) is 4.79 Å². The smallest absolute Gasteiger partial charge is 0.344 e. The predicted molar refractivity (Wildman–Crippen MR) is 180 cm³/mol. The van der Waals surface area contributed by atoms with E-state index in [1.165, 1.54) is 0 Å². The van der Waals surface area contributed by atoms with Gasteiger partial charge in [-0.1, -0.05) is 117 Å². The van der Waals surface area contributed by atoms with Gasteiger partial charge in [-0.3, -0.25) is 0 Å². The first-order chi connectivity index (χ1) is 21.0. The van der Waals surface area contributed by atoms with Crippen LogP contribution in [0.5, 0.6) is 11.5 Å². The maximum absolute atomic E-state index is 12.3. The third kappa shape index (κ3) is 8.04. The number of ether oxygens (including phenoxy) is 3. The molecule has 5 aromatic carbocycles. The van der Waals surface area contributed by atoms with Crippen LogP contribution in [0.1, 0.15) is 18.1 Å². The number of esters is 1. The summed E-state index contributed by atoms with van der Waals surface area (Å²) >= 11 is 7.08. The highest BCUT2D eigenvalue weighted by atomic mass is 79.9. The average Bonchev–Trinajstić information content (AvgIpc) is 3.04. The molecule has 0 radical (unpaired) electrons. The molecule has 0 amide bonds. The maximum atomic E-state index is 12.3. The highest BCUT2D eigenvalue weighted by Gasteiger charge is 2.18. The zero-order chi connectivity index (χ0) is 30.0.